The summed E-state index contributed by atoms with van der Waals surface area (Å²) in [6.45, 7) is 4.60. The molecule has 7 nitrogen and oxygen atoms in total. The highest BCUT2D eigenvalue weighted by molar-refractivity contribution is 7.99. The summed E-state index contributed by atoms with van der Waals surface area (Å²) in [5.74, 6) is 0.110. The minimum absolute atomic E-state index is 0.181. The third kappa shape index (κ3) is 4.61. The van der Waals surface area contributed by atoms with E-state index in [0.717, 1.165) is 19.4 Å². The average molecular weight is 397 g/mol. The smallest absolute Gasteiger partial charge is 0.237 e. The number of hydrogen-bond donors (Lipinski definition) is 5. The second-order valence-corrected chi connectivity index (χ2v) is 8.45. The van der Waals surface area contributed by atoms with E-state index in [4.69, 9.17) is 16.3 Å². The summed E-state index contributed by atoms with van der Waals surface area (Å²) in [5, 5.41) is 35.9. The molecule has 0 aromatic rings. The van der Waals surface area contributed by atoms with Crippen molar-refractivity contribution in [1.82, 2.24) is 10.6 Å². The summed E-state index contributed by atoms with van der Waals surface area (Å²) < 4.78 is 5.74. The second-order valence-electron chi connectivity index (χ2n) is 6.82. The van der Waals surface area contributed by atoms with Gasteiger partial charge in [-0.2, -0.15) is 0 Å². The Morgan fingerprint density at radius 1 is 1.36 bits per heavy atom. The predicted molar refractivity (Wildman–Crippen MR) is 97.6 cm³/mol. The van der Waals surface area contributed by atoms with E-state index in [1.807, 2.05) is 0 Å². The zero-order chi connectivity index (χ0) is 18.7. The first-order chi connectivity index (χ1) is 11.8. The van der Waals surface area contributed by atoms with Gasteiger partial charge in [-0.1, -0.05) is 13.3 Å². The van der Waals surface area contributed by atoms with Gasteiger partial charge in [0.15, 0.2) is 0 Å². The van der Waals surface area contributed by atoms with Gasteiger partial charge in [-0.3, -0.25) is 4.79 Å². The van der Waals surface area contributed by atoms with E-state index in [2.05, 4.69) is 17.6 Å². The van der Waals surface area contributed by atoms with Gasteiger partial charge in [-0.25, -0.2) is 0 Å². The highest BCUT2D eigenvalue weighted by Crippen LogP contribution is 2.30. The fourth-order valence-corrected chi connectivity index (χ4v) is 4.31. The number of nitrogens with one attached hydrogen (secondary N) is 2. The lowest BCUT2D eigenvalue weighted by atomic mass is 9.86. The van der Waals surface area contributed by atoms with E-state index in [-0.39, 0.29) is 11.9 Å². The standard InChI is InChI=1S/C16H29ClN2O5S/c1-4-5-8-6-18-10(8)15(23)19-9(7(2)17)14-12(21)11(20)13(22)16(24-14)25-3/h7-14,16,18,20-22H,4-6H2,1-3H3,(H,19,23)/t7-,8-,9+,10-,11-,12+,13+,14+,16+/m0/s1. The topological polar surface area (TPSA) is 111 Å². The zero-order valence-corrected chi connectivity index (χ0v) is 16.3. The summed E-state index contributed by atoms with van der Waals surface area (Å²) in [6, 6.07) is -0.962. The van der Waals surface area contributed by atoms with E-state index in [1.54, 1.807) is 13.2 Å². The van der Waals surface area contributed by atoms with Crippen LogP contribution in [-0.4, -0.2) is 81.3 Å². The Bertz CT molecular complexity index is 456. The highest BCUT2D eigenvalue weighted by atomic mass is 35.5. The van der Waals surface area contributed by atoms with Crippen molar-refractivity contribution >= 4 is 29.3 Å². The van der Waals surface area contributed by atoms with E-state index >= 15 is 0 Å². The molecule has 5 N–H and O–H groups in total. The van der Waals surface area contributed by atoms with E-state index in [1.165, 1.54) is 11.8 Å². The Morgan fingerprint density at radius 3 is 2.52 bits per heavy atom. The summed E-state index contributed by atoms with van der Waals surface area (Å²) in [7, 11) is 0. The quantitative estimate of drug-likeness (QED) is 0.374. The number of rotatable bonds is 7. The minimum atomic E-state index is -1.36. The molecule has 0 saturated carbocycles. The Hall–Kier alpha value is -0.0900. The largest absolute Gasteiger partial charge is 0.388 e. The monoisotopic (exact) mass is 396 g/mol. The average Bonchev–Trinajstić information content (AvgIpc) is 2.55. The van der Waals surface area contributed by atoms with Crippen LogP contribution in [0.25, 0.3) is 0 Å². The first-order valence-corrected chi connectivity index (χ1v) is 10.4. The summed E-state index contributed by atoms with van der Waals surface area (Å²) in [5.41, 5.74) is -0.701. The van der Waals surface area contributed by atoms with Crippen LogP contribution in [0.3, 0.4) is 0 Å². The number of carbonyl (C=O) groups is 1. The number of alkyl halides is 1. The molecule has 0 unspecified atom stereocenters. The van der Waals surface area contributed by atoms with Crippen LogP contribution in [0.2, 0.25) is 0 Å². The molecule has 9 atom stereocenters. The molecular formula is C16H29ClN2O5S. The van der Waals surface area contributed by atoms with Crippen LogP contribution in [-0.2, 0) is 9.53 Å². The third-order valence-corrected chi connectivity index (χ3v) is 6.14. The van der Waals surface area contributed by atoms with Gasteiger partial charge in [-0.15, -0.1) is 23.4 Å². The molecule has 2 fully saturated rings. The van der Waals surface area contributed by atoms with Crippen molar-refractivity contribution in [2.45, 2.75) is 74.0 Å². The van der Waals surface area contributed by atoms with Crippen molar-refractivity contribution in [1.29, 1.82) is 0 Å². The normalized spacial score (nSPS) is 40.8. The number of aliphatic hydroxyl groups is 3. The van der Waals surface area contributed by atoms with E-state index in [9.17, 15) is 20.1 Å². The van der Waals surface area contributed by atoms with Crippen LogP contribution < -0.4 is 10.6 Å². The predicted octanol–water partition coefficient (Wildman–Crippen LogP) is -0.343. The number of aliphatic hydroxyl groups excluding tert-OH is 3. The molecule has 0 aliphatic carbocycles. The molecule has 0 spiro atoms. The molecule has 2 aliphatic heterocycles. The molecule has 0 aromatic heterocycles. The van der Waals surface area contributed by atoms with E-state index in [0.29, 0.717) is 5.92 Å². The minimum Gasteiger partial charge on any atom is -0.388 e. The number of hydrogen-bond acceptors (Lipinski definition) is 7. The molecule has 2 heterocycles. The Labute approximate surface area is 157 Å². The first kappa shape index (κ1) is 21.2. The molecule has 2 rings (SSSR count). The lowest BCUT2D eigenvalue weighted by Gasteiger charge is -2.45. The van der Waals surface area contributed by atoms with Crippen LogP contribution in [0.15, 0.2) is 0 Å². The van der Waals surface area contributed by atoms with Crippen molar-refractivity contribution in [2.24, 2.45) is 5.92 Å². The van der Waals surface area contributed by atoms with Gasteiger partial charge in [0.25, 0.3) is 0 Å². The molecule has 2 aliphatic rings. The molecule has 9 heteroatoms. The van der Waals surface area contributed by atoms with Crippen molar-refractivity contribution in [3.63, 3.8) is 0 Å². The summed E-state index contributed by atoms with van der Waals surface area (Å²) >= 11 is 7.48. The molecule has 25 heavy (non-hydrogen) atoms. The Balaban J connectivity index is 2.08. The SMILES string of the molecule is CCC[C@H]1CN[C@@H]1C(=O)N[C@@H]([C@H]1O[C@H](SC)[C@H](O)[C@@H](O)[C@H]1O)[C@H](C)Cl. The molecular weight excluding hydrogens is 368 g/mol. The van der Waals surface area contributed by atoms with Gasteiger partial charge >= 0.3 is 0 Å². The van der Waals surface area contributed by atoms with Crippen LogP contribution in [0, 0.1) is 5.92 Å². The second kappa shape index (κ2) is 9.21. The van der Waals surface area contributed by atoms with Crippen molar-refractivity contribution in [3.8, 4) is 0 Å². The molecule has 0 aromatic carbocycles. The van der Waals surface area contributed by atoms with Crippen molar-refractivity contribution < 1.29 is 24.9 Å². The van der Waals surface area contributed by atoms with Gasteiger partial charge in [0, 0.05) is 6.54 Å². The highest BCUT2D eigenvalue weighted by Gasteiger charge is 2.48. The summed E-state index contributed by atoms with van der Waals surface area (Å²) in [6.07, 6.45) is -1.10. The summed E-state index contributed by atoms with van der Waals surface area (Å²) in [4.78, 5) is 12.6. The Morgan fingerprint density at radius 2 is 2.04 bits per heavy atom. The number of ether oxygens (including phenoxy) is 1. The number of thioether (sulfide) groups is 1. The molecule has 0 bridgehead atoms. The van der Waals surface area contributed by atoms with Crippen LogP contribution in [0.5, 0.6) is 0 Å². The molecule has 146 valence electrons. The maximum atomic E-state index is 12.6. The maximum absolute atomic E-state index is 12.6. The zero-order valence-electron chi connectivity index (χ0n) is 14.8. The lowest BCUT2D eigenvalue weighted by Crippen LogP contribution is -2.67. The number of halogens is 1. The molecule has 2 saturated heterocycles. The lowest BCUT2D eigenvalue weighted by molar-refractivity contribution is -0.205. The van der Waals surface area contributed by atoms with Gasteiger partial charge in [0.2, 0.25) is 5.91 Å². The van der Waals surface area contributed by atoms with Gasteiger partial charge in [0.1, 0.15) is 29.9 Å². The third-order valence-electron chi connectivity index (χ3n) is 5.01. The first-order valence-electron chi connectivity index (χ1n) is 8.72. The maximum Gasteiger partial charge on any atom is 0.237 e. The van der Waals surface area contributed by atoms with Crippen molar-refractivity contribution in [3.05, 3.63) is 0 Å². The van der Waals surface area contributed by atoms with Crippen LogP contribution in [0.4, 0.5) is 0 Å². The number of amides is 1. The fourth-order valence-electron chi connectivity index (χ4n) is 3.43. The van der Waals surface area contributed by atoms with Gasteiger partial charge in [-0.05, 0) is 25.5 Å². The van der Waals surface area contributed by atoms with Gasteiger partial charge in [0.05, 0.1) is 17.5 Å². The Kier molecular flexibility index (Phi) is 7.82. The van der Waals surface area contributed by atoms with Gasteiger partial charge < -0.3 is 30.7 Å². The number of carbonyl (C=O) groups excluding carboxylic acids is 1. The molecule has 0 radical (unpaired) electrons. The van der Waals surface area contributed by atoms with Crippen LogP contribution >= 0.6 is 23.4 Å². The molecule has 1 amide bonds. The van der Waals surface area contributed by atoms with Crippen molar-refractivity contribution in [2.75, 3.05) is 12.8 Å². The van der Waals surface area contributed by atoms with E-state index < -0.39 is 41.3 Å². The fraction of sp³-hybridized carbons (Fsp3) is 0.938. The van der Waals surface area contributed by atoms with Crippen LogP contribution in [0.1, 0.15) is 26.7 Å².